The third-order valence-electron chi connectivity index (χ3n) is 2.10. The van der Waals surface area contributed by atoms with E-state index in [1.807, 2.05) is 13.8 Å². The van der Waals surface area contributed by atoms with Gasteiger partial charge < -0.3 is 5.73 Å². The molecule has 0 atom stereocenters. The molecule has 90 valence electrons. The largest absolute Gasteiger partial charge is 0.374 e. The first-order chi connectivity index (χ1) is 8.10. The minimum Gasteiger partial charge on any atom is -0.374 e. The number of rotatable bonds is 3. The van der Waals surface area contributed by atoms with Gasteiger partial charge in [0, 0.05) is 6.54 Å². The number of carbonyl (C=O) groups excluding carboxylic acids is 1. The zero-order valence-corrected chi connectivity index (χ0v) is 10.3. The summed E-state index contributed by atoms with van der Waals surface area (Å²) in [6.07, 6.45) is 0. The van der Waals surface area contributed by atoms with E-state index in [0.29, 0.717) is 22.5 Å². The summed E-state index contributed by atoms with van der Waals surface area (Å²) in [6.45, 7) is 4.40. The van der Waals surface area contributed by atoms with Crippen LogP contribution in [0.3, 0.4) is 0 Å². The summed E-state index contributed by atoms with van der Waals surface area (Å²) >= 11 is 1.12. The Kier molecular flexibility index (Phi) is 3.05. The van der Waals surface area contributed by atoms with Crippen LogP contribution in [0.5, 0.6) is 0 Å². The Bertz CT molecular complexity index is 545. The second-order valence-electron chi connectivity index (χ2n) is 3.39. The number of hydrogen-bond donors (Lipinski definition) is 2. The van der Waals surface area contributed by atoms with Gasteiger partial charge in [0.05, 0.1) is 5.69 Å². The average molecular weight is 252 g/mol. The second-order valence-corrected chi connectivity index (χ2v) is 4.40. The highest BCUT2D eigenvalue weighted by molar-refractivity contribution is 7.19. The van der Waals surface area contributed by atoms with Crippen molar-refractivity contribution in [2.75, 3.05) is 11.1 Å². The van der Waals surface area contributed by atoms with Crippen molar-refractivity contribution < 1.29 is 4.79 Å². The molecule has 0 aromatic carbocycles. The third kappa shape index (κ3) is 2.41. The Labute approximate surface area is 102 Å². The number of amides is 1. The first kappa shape index (κ1) is 11.5. The second kappa shape index (κ2) is 4.50. The van der Waals surface area contributed by atoms with E-state index >= 15 is 0 Å². The molecule has 0 aliphatic carbocycles. The first-order valence-corrected chi connectivity index (χ1v) is 5.86. The zero-order valence-electron chi connectivity index (χ0n) is 9.47. The molecule has 0 bridgehead atoms. The highest BCUT2D eigenvalue weighted by Gasteiger charge is 2.14. The standard InChI is InChI=1S/C9H12N6OS/c1-3-15-6(4-5(2)14-15)7(16)11-9-13-12-8(10)17-9/h4H,3H2,1-2H3,(H2,10,12)(H,11,13,16). The fourth-order valence-corrected chi connectivity index (χ4v) is 1.92. The number of nitrogen functional groups attached to an aromatic ring is 1. The highest BCUT2D eigenvalue weighted by atomic mass is 32.1. The van der Waals surface area contributed by atoms with E-state index in [0.717, 1.165) is 17.0 Å². The summed E-state index contributed by atoms with van der Waals surface area (Å²) in [7, 11) is 0. The number of anilines is 2. The predicted molar refractivity (Wildman–Crippen MR) is 64.9 cm³/mol. The van der Waals surface area contributed by atoms with Crippen LogP contribution in [0, 0.1) is 6.92 Å². The predicted octanol–water partition coefficient (Wildman–Crippen LogP) is 0.897. The van der Waals surface area contributed by atoms with Gasteiger partial charge in [0.15, 0.2) is 0 Å². The highest BCUT2D eigenvalue weighted by Crippen LogP contribution is 2.17. The molecular weight excluding hydrogens is 240 g/mol. The molecule has 2 heterocycles. The number of carbonyl (C=O) groups is 1. The number of nitrogens with two attached hydrogens (primary N) is 1. The topological polar surface area (TPSA) is 98.7 Å². The minimum absolute atomic E-state index is 0.261. The Balaban J connectivity index is 2.19. The van der Waals surface area contributed by atoms with Gasteiger partial charge in [-0.2, -0.15) is 5.10 Å². The van der Waals surface area contributed by atoms with Crippen LogP contribution >= 0.6 is 11.3 Å². The van der Waals surface area contributed by atoms with Crippen LogP contribution in [-0.4, -0.2) is 25.9 Å². The van der Waals surface area contributed by atoms with Gasteiger partial charge in [0.25, 0.3) is 5.91 Å². The van der Waals surface area contributed by atoms with Crippen molar-refractivity contribution in [2.24, 2.45) is 0 Å². The summed E-state index contributed by atoms with van der Waals surface area (Å²) in [4.78, 5) is 11.9. The Hall–Kier alpha value is -1.96. The molecule has 3 N–H and O–H groups in total. The molecule has 0 saturated carbocycles. The first-order valence-electron chi connectivity index (χ1n) is 5.05. The van der Waals surface area contributed by atoms with Gasteiger partial charge in [-0.15, -0.1) is 10.2 Å². The maximum atomic E-state index is 11.9. The van der Waals surface area contributed by atoms with Crippen LogP contribution in [-0.2, 0) is 6.54 Å². The molecule has 0 radical (unpaired) electrons. The molecule has 2 rings (SSSR count). The lowest BCUT2D eigenvalue weighted by atomic mass is 10.3. The lowest BCUT2D eigenvalue weighted by Gasteiger charge is -2.03. The van der Waals surface area contributed by atoms with Crippen molar-refractivity contribution in [3.63, 3.8) is 0 Å². The number of aryl methyl sites for hydroxylation is 2. The van der Waals surface area contributed by atoms with Crippen molar-refractivity contribution in [3.8, 4) is 0 Å². The number of nitrogens with zero attached hydrogens (tertiary/aromatic N) is 4. The SMILES string of the molecule is CCn1nc(C)cc1C(=O)Nc1nnc(N)s1. The van der Waals surface area contributed by atoms with Crippen molar-refractivity contribution in [1.82, 2.24) is 20.0 Å². The number of nitrogens with one attached hydrogen (secondary N) is 1. The molecule has 17 heavy (non-hydrogen) atoms. The zero-order chi connectivity index (χ0) is 12.4. The van der Waals surface area contributed by atoms with E-state index in [1.165, 1.54) is 0 Å². The van der Waals surface area contributed by atoms with Crippen molar-refractivity contribution >= 4 is 27.5 Å². The van der Waals surface area contributed by atoms with Gasteiger partial charge in [-0.05, 0) is 19.9 Å². The van der Waals surface area contributed by atoms with Gasteiger partial charge in [-0.25, -0.2) is 0 Å². The molecule has 7 nitrogen and oxygen atoms in total. The molecule has 0 aliphatic heterocycles. The number of hydrogen-bond acceptors (Lipinski definition) is 6. The fraction of sp³-hybridized carbons (Fsp3) is 0.333. The van der Waals surface area contributed by atoms with E-state index in [-0.39, 0.29) is 5.91 Å². The van der Waals surface area contributed by atoms with Crippen molar-refractivity contribution in [1.29, 1.82) is 0 Å². The molecular formula is C9H12N6OS. The molecule has 2 aromatic rings. The number of aromatic nitrogens is 4. The molecule has 1 amide bonds. The van der Waals surface area contributed by atoms with Crippen LogP contribution in [0.15, 0.2) is 6.07 Å². The summed E-state index contributed by atoms with van der Waals surface area (Å²) in [6, 6.07) is 1.73. The summed E-state index contributed by atoms with van der Waals surface area (Å²) in [5.74, 6) is -0.261. The van der Waals surface area contributed by atoms with E-state index in [1.54, 1.807) is 10.7 Å². The van der Waals surface area contributed by atoms with Crippen LogP contribution in [0.2, 0.25) is 0 Å². The summed E-state index contributed by atoms with van der Waals surface area (Å²) in [5, 5.41) is 14.9. The monoisotopic (exact) mass is 252 g/mol. The summed E-state index contributed by atoms with van der Waals surface area (Å²) in [5.41, 5.74) is 6.73. The van der Waals surface area contributed by atoms with E-state index < -0.39 is 0 Å². The van der Waals surface area contributed by atoms with E-state index in [9.17, 15) is 4.79 Å². The fourth-order valence-electron chi connectivity index (χ4n) is 1.42. The van der Waals surface area contributed by atoms with Crippen molar-refractivity contribution in [2.45, 2.75) is 20.4 Å². The van der Waals surface area contributed by atoms with Crippen molar-refractivity contribution in [3.05, 3.63) is 17.5 Å². The third-order valence-corrected chi connectivity index (χ3v) is 2.76. The van der Waals surface area contributed by atoms with Gasteiger partial charge in [0.1, 0.15) is 5.69 Å². The van der Waals surface area contributed by atoms with Gasteiger partial charge in [0.2, 0.25) is 10.3 Å². The average Bonchev–Trinajstić information content (AvgIpc) is 2.84. The lowest BCUT2D eigenvalue weighted by molar-refractivity contribution is 0.101. The van der Waals surface area contributed by atoms with E-state index in [4.69, 9.17) is 5.73 Å². The van der Waals surface area contributed by atoms with Crippen LogP contribution < -0.4 is 11.1 Å². The van der Waals surface area contributed by atoms with Gasteiger partial charge in [-0.3, -0.25) is 14.8 Å². The smallest absolute Gasteiger partial charge is 0.275 e. The van der Waals surface area contributed by atoms with Gasteiger partial charge >= 0.3 is 0 Å². The molecule has 0 saturated heterocycles. The van der Waals surface area contributed by atoms with Crippen LogP contribution in [0.4, 0.5) is 10.3 Å². The van der Waals surface area contributed by atoms with Gasteiger partial charge in [-0.1, -0.05) is 11.3 Å². The minimum atomic E-state index is -0.261. The lowest BCUT2D eigenvalue weighted by Crippen LogP contribution is -2.17. The quantitative estimate of drug-likeness (QED) is 0.845. The molecule has 0 spiro atoms. The molecule has 0 unspecified atom stereocenters. The van der Waals surface area contributed by atoms with Crippen LogP contribution in [0.1, 0.15) is 23.1 Å². The van der Waals surface area contributed by atoms with E-state index in [2.05, 4.69) is 20.6 Å². The summed E-state index contributed by atoms with van der Waals surface area (Å²) < 4.78 is 1.63. The molecule has 8 heteroatoms. The maximum Gasteiger partial charge on any atom is 0.275 e. The van der Waals surface area contributed by atoms with Crippen LogP contribution in [0.25, 0.3) is 0 Å². The Morgan fingerprint density at radius 2 is 2.35 bits per heavy atom. The molecule has 2 aromatic heterocycles. The Morgan fingerprint density at radius 3 is 2.94 bits per heavy atom. The molecule has 0 fully saturated rings. The Morgan fingerprint density at radius 1 is 1.59 bits per heavy atom. The molecule has 0 aliphatic rings. The maximum absolute atomic E-state index is 11.9. The normalized spacial score (nSPS) is 10.5.